The Labute approximate surface area is 155 Å². The average molecular weight is 391 g/mol. The molecule has 2 rings (SSSR count). The first-order valence-corrected chi connectivity index (χ1v) is 9.57. The van der Waals surface area contributed by atoms with Crippen molar-refractivity contribution in [1.82, 2.24) is 5.43 Å². The lowest BCUT2D eigenvalue weighted by Crippen LogP contribution is -2.25. The van der Waals surface area contributed by atoms with Gasteiger partial charge in [0.1, 0.15) is 0 Å². The molecule has 0 bridgehead atoms. The third kappa shape index (κ3) is 5.61. The van der Waals surface area contributed by atoms with E-state index in [0.717, 1.165) is 6.26 Å². The van der Waals surface area contributed by atoms with Crippen molar-refractivity contribution < 1.29 is 22.9 Å². The van der Waals surface area contributed by atoms with Crippen LogP contribution in [0.25, 0.3) is 0 Å². The predicted molar refractivity (Wildman–Crippen MR) is 98.5 cm³/mol. The number of hydrogen-bond donors (Lipinski definition) is 1. The summed E-state index contributed by atoms with van der Waals surface area (Å²) in [5.74, 6) is -0.616. The quantitative estimate of drug-likeness (QED) is 0.436. The first kappa shape index (κ1) is 20.0. The van der Waals surface area contributed by atoms with Gasteiger partial charge in [0.15, 0.2) is 22.2 Å². The van der Waals surface area contributed by atoms with Crippen LogP contribution in [0.15, 0.2) is 58.5 Å². The Hall–Kier alpha value is -3.27. The van der Waals surface area contributed by atoms with Gasteiger partial charge in [-0.2, -0.15) is 5.10 Å². The van der Waals surface area contributed by atoms with Crippen molar-refractivity contribution in [2.75, 3.05) is 12.9 Å². The van der Waals surface area contributed by atoms with E-state index in [2.05, 4.69) is 10.5 Å². The first-order chi connectivity index (χ1) is 12.7. The molecule has 0 saturated carbocycles. The Kier molecular flexibility index (Phi) is 6.24. The number of hydrogen-bond acceptors (Lipinski definition) is 7. The summed E-state index contributed by atoms with van der Waals surface area (Å²) >= 11 is 0. The second-order valence-electron chi connectivity index (χ2n) is 5.54. The molecular weight excluding hydrogens is 374 g/mol. The summed E-state index contributed by atoms with van der Waals surface area (Å²) < 4.78 is 28.0. The second kappa shape index (κ2) is 8.41. The molecule has 0 fully saturated rings. The van der Waals surface area contributed by atoms with Gasteiger partial charge in [-0.1, -0.05) is 24.3 Å². The lowest BCUT2D eigenvalue weighted by Gasteiger charge is -2.06. The molecular formula is C17H17N3O6S. The van der Waals surface area contributed by atoms with Crippen LogP contribution in [0.5, 0.6) is 5.75 Å². The van der Waals surface area contributed by atoms with Crippen LogP contribution in [-0.4, -0.2) is 37.8 Å². The summed E-state index contributed by atoms with van der Waals surface area (Å²) in [6.45, 7) is 1.19. The summed E-state index contributed by atoms with van der Waals surface area (Å²) in [7, 11) is -3.29. The Balaban J connectivity index is 1.97. The summed E-state index contributed by atoms with van der Waals surface area (Å²) in [5, 5.41) is 14.8. The molecule has 0 radical (unpaired) electrons. The molecule has 0 unspecified atom stereocenters. The Morgan fingerprint density at radius 3 is 2.41 bits per heavy atom. The van der Waals surface area contributed by atoms with E-state index >= 15 is 0 Å². The highest BCUT2D eigenvalue weighted by atomic mass is 32.2. The molecule has 0 aromatic heterocycles. The normalized spacial score (nSPS) is 11.7. The maximum atomic E-state index is 11.8. The third-order valence-corrected chi connectivity index (χ3v) is 4.60. The van der Waals surface area contributed by atoms with Gasteiger partial charge >= 0.3 is 5.69 Å². The topological polar surface area (TPSA) is 128 Å². The number of benzene rings is 2. The molecule has 9 nitrogen and oxygen atoms in total. The van der Waals surface area contributed by atoms with Gasteiger partial charge in [-0.15, -0.1) is 0 Å². The summed E-state index contributed by atoms with van der Waals surface area (Å²) in [4.78, 5) is 22.3. The largest absolute Gasteiger partial charge is 0.477 e. The molecule has 0 atom stereocenters. The smallest absolute Gasteiger partial charge is 0.310 e. The minimum atomic E-state index is -3.29. The molecule has 10 heteroatoms. The number of rotatable bonds is 7. The van der Waals surface area contributed by atoms with Gasteiger partial charge in [-0.25, -0.2) is 13.8 Å². The number of nitro groups is 1. The predicted octanol–water partition coefficient (Wildman–Crippen LogP) is 1.92. The minimum absolute atomic E-state index is 0.0188. The number of sulfone groups is 1. The van der Waals surface area contributed by atoms with E-state index in [1.807, 2.05) is 0 Å². The third-order valence-electron chi connectivity index (χ3n) is 3.47. The van der Waals surface area contributed by atoms with Gasteiger partial charge in [0, 0.05) is 12.3 Å². The van der Waals surface area contributed by atoms with Crippen LogP contribution in [0.2, 0.25) is 0 Å². The molecule has 27 heavy (non-hydrogen) atoms. The molecule has 2 aromatic carbocycles. The highest BCUT2D eigenvalue weighted by Crippen LogP contribution is 2.25. The number of nitrogens with one attached hydrogen (secondary N) is 1. The highest BCUT2D eigenvalue weighted by Gasteiger charge is 2.14. The van der Waals surface area contributed by atoms with Gasteiger partial charge in [-0.3, -0.25) is 14.9 Å². The summed E-state index contributed by atoms with van der Waals surface area (Å²) in [6, 6.07) is 11.8. The fourth-order valence-electron chi connectivity index (χ4n) is 2.06. The number of nitro benzene ring substituents is 1. The van der Waals surface area contributed by atoms with Gasteiger partial charge in [0.25, 0.3) is 5.91 Å². The number of hydrazone groups is 1. The van der Waals surface area contributed by atoms with E-state index in [-0.39, 0.29) is 16.3 Å². The van der Waals surface area contributed by atoms with Crippen molar-refractivity contribution in [3.63, 3.8) is 0 Å². The van der Waals surface area contributed by atoms with E-state index in [9.17, 15) is 23.3 Å². The molecule has 0 spiro atoms. The van der Waals surface area contributed by atoms with E-state index in [4.69, 9.17) is 4.74 Å². The molecule has 2 aromatic rings. The Bertz CT molecular complexity index is 984. The maximum absolute atomic E-state index is 11.8. The zero-order valence-electron chi connectivity index (χ0n) is 14.6. The van der Waals surface area contributed by atoms with Gasteiger partial charge in [0.2, 0.25) is 0 Å². The van der Waals surface area contributed by atoms with Crippen molar-refractivity contribution in [1.29, 1.82) is 0 Å². The van der Waals surface area contributed by atoms with Gasteiger partial charge in [-0.05, 0) is 30.7 Å². The van der Waals surface area contributed by atoms with Crippen LogP contribution in [0, 0.1) is 10.1 Å². The van der Waals surface area contributed by atoms with Crippen molar-refractivity contribution >= 4 is 27.1 Å². The van der Waals surface area contributed by atoms with Crippen LogP contribution in [-0.2, 0) is 14.6 Å². The molecule has 0 aliphatic carbocycles. The van der Waals surface area contributed by atoms with E-state index in [1.54, 1.807) is 25.1 Å². The van der Waals surface area contributed by atoms with Crippen molar-refractivity contribution in [3.05, 3.63) is 64.2 Å². The summed E-state index contributed by atoms with van der Waals surface area (Å²) in [6.07, 6.45) is 1.11. The van der Waals surface area contributed by atoms with E-state index in [0.29, 0.717) is 11.3 Å². The first-order valence-electron chi connectivity index (χ1n) is 7.68. The lowest BCUT2D eigenvalue weighted by molar-refractivity contribution is -0.385. The fraction of sp³-hybridized carbons (Fsp3) is 0.176. The highest BCUT2D eigenvalue weighted by molar-refractivity contribution is 7.90. The number of para-hydroxylation sites is 2. The number of ether oxygens (including phenoxy) is 1. The zero-order chi connectivity index (χ0) is 20.0. The lowest BCUT2D eigenvalue weighted by atomic mass is 10.1. The number of carbonyl (C=O) groups excluding carboxylic acids is 1. The maximum Gasteiger partial charge on any atom is 0.310 e. The van der Waals surface area contributed by atoms with E-state index in [1.165, 1.54) is 30.3 Å². The van der Waals surface area contributed by atoms with Gasteiger partial charge in [0.05, 0.1) is 15.5 Å². The Morgan fingerprint density at radius 1 is 1.19 bits per heavy atom. The molecule has 1 N–H and O–H groups in total. The van der Waals surface area contributed by atoms with Crippen molar-refractivity contribution in [2.45, 2.75) is 11.8 Å². The molecule has 0 aliphatic rings. The SMILES string of the molecule is C/C(=N/NC(=O)COc1ccccc1[N+](=O)[O-])c1ccc(S(C)(=O)=O)cc1. The van der Waals surface area contributed by atoms with Crippen LogP contribution < -0.4 is 10.2 Å². The van der Waals surface area contributed by atoms with Crippen molar-refractivity contribution in [2.24, 2.45) is 5.10 Å². The average Bonchev–Trinajstić information content (AvgIpc) is 2.64. The molecule has 0 saturated heterocycles. The zero-order valence-corrected chi connectivity index (χ0v) is 15.4. The standard InChI is InChI=1S/C17H17N3O6S/c1-12(13-7-9-14(10-8-13)27(2,24)25)18-19-17(21)11-26-16-6-4-3-5-15(16)20(22)23/h3-10H,11H2,1-2H3,(H,19,21)/b18-12-. The number of nitrogens with zero attached hydrogens (tertiary/aromatic N) is 2. The molecule has 142 valence electrons. The van der Waals surface area contributed by atoms with Crippen LogP contribution in [0.4, 0.5) is 5.69 Å². The fourth-order valence-corrected chi connectivity index (χ4v) is 2.69. The summed E-state index contributed by atoms with van der Waals surface area (Å²) in [5.41, 5.74) is 3.12. The van der Waals surface area contributed by atoms with Crippen molar-refractivity contribution in [3.8, 4) is 5.75 Å². The molecule has 1 amide bonds. The monoisotopic (exact) mass is 391 g/mol. The van der Waals surface area contributed by atoms with Crippen LogP contribution in [0.3, 0.4) is 0 Å². The van der Waals surface area contributed by atoms with Crippen LogP contribution >= 0.6 is 0 Å². The number of carbonyl (C=O) groups is 1. The minimum Gasteiger partial charge on any atom is -0.477 e. The second-order valence-corrected chi connectivity index (χ2v) is 7.56. The van der Waals surface area contributed by atoms with Crippen LogP contribution in [0.1, 0.15) is 12.5 Å². The number of amides is 1. The van der Waals surface area contributed by atoms with Gasteiger partial charge < -0.3 is 4.74 Å². The molecule has 0 heterocycles. The van der Waals surface area contributed by atoms with E-state index < -0.39 is 27.3 Å². The molecule has 0 aliphatic heterocycles. The Morgan fingerprint density at radius 2 is 1.81 bits per heavy atom.